The van der Waals surface area contributed by atoms with Crippen molar-refractivity contribution in [2.24, 2.45) is 16.2 Å². The zero-order valence-corrected chi connectivity index (χ0v) is 16.0. The summed E-state index contributed by atoms with van der Waals surface area (Å²) in [5.74, 6) is 0.786. The van der Waals surface area contributed by atoms with Crippen LogP contribution in [0, 0.1) is 11.8 Å². The van der Waals surface area contributed by atoms with E-state index in [9.17, 15) is 9.32 Å². The molecule has 2 aromatic rings. The van der Waals surface area contributed by atoms with Gasteiger partial charge in [-0.05, 0) is 43.0 Å². The molecule has 26 heavy (non-hydrogen) atoms. The number of aliphatic hydroxyl groups is 1. The van der Waals surface area contributed by atoms with E-state index in [1.165, 1.54) is 19.3 Å². The summed E-state index contributed by atoms with van der Waals surface area (Å²) in [5.41, 5.74) is 0. The van der Waals surface area contributed by atoms with Gasteiger partial charge in [0.1, 0.15) is 11.9 Å². The molecule has 3 rings (SSSR count). The van der Waals surface area contributed by atoms with E-state index in [0.717, 1.165) is 12.8 Å². The highest BCUT2D eigenvalue weighted by Gasteiger charge is 2.30. The number of hydrogen-bond acceptors (Lipinski definition) is 4. The van der Waals surface area contributed by atoms with Gasteiger partial charge in [0.2, 0.25) is 0 Å². The average molecular weight is 374 g/mol. The summed E-state index contributed by atoms with van der Waals surface area (Å²) < 4.78 is 22.9. The molecule has 1 aromatic heterocycles. The molecule has 1 fully saturated rings. The third-order valence-electron chi connectivity index (χ3n) is 5.23. The van der Waals surface area contributed by atoms with Crippen LogP contribution in [0.25, 0.3) is 0 Å². The van der Waals surface area contributed by atoms with Gasteiger partial charge >= 0.3 is 0 Å². The van der Waals surface area contributed by atoms with Crippen molar-refractivity contribution in [3.63, 3.8) is 0 Å². The molecule has 0 amide bonds. The van der Waals surface area contributed by atoms with Gasteiger partial charge in [-0.2, -0.15) is 0 Å². The Kier molecular flexibility index (Phi) is 6.33. The molecule has 0 bridgehead atoms. The van der Waals surface area contributed by atoms with Crippen LogP contribution < -0.4 is 0 Å². The van der Waals surface area contributed by atoms with Crippen LogP contribution in [0.2, 0.25) is 0 Å². The molecule has 4 nitrogen and oxygen atoms in total. The first kappa shape index (κ1) is 18.9. The van der Waals surface area contributed by atoms with Crippen molar-refractivity contribution in [2.75, 3.05) is 7.05 Å². The molecule has 0 radical (unpaired) electrons. The first-order valence-electron chi connectivity index (χ1n) is 9.24. The standard InChI is InChI=1S/C21H27NO3S/c1-22-26(24,18-11-6-3-7-12-18)16-14-19(17-9-4-2-5-10-17)21(23)20-13-8-15-25-20/h3,6-8,11-17,19,21,23H,2,4-5,9-10H2,1H3/b16-14+/t19-,21+,26?/m0/s1. The lowest BCUT2D eigenvalue weighted by Crippen LogP contribution is -2.23. The third-order valence-corrected chi connectivity index (χ3v) is 7.25. The smallest absolute Gasteiger partial charge is 0.132 e. The highest BCUT2D eigenvalue weighted by molar-refractivity contribution is 7.96. The van der Waals surface area contributed by atoms with Crippen molar-refractivity contribution in [1.29, 1.82) is 0 Å². The molecule has 3 atom stereocenters. The van der Waals surface area contributed by atoms with E-state index in [1.807, 2.05) is 36.4 Å². The highest BCUT2D eigenvalue weighted by Crippen LogP contribution is 2.38. The fourth-order valence-corrected chi connectivity index (χ4v) is 5.18. The van der Waals surface area contributed by atoms with E-state index in [2.05, 4.69) is 4.36 Å². The van der Waals surface area contributed by atoms with Crippen LogP contribution in [-0.2, 0) is 9.73 Å². The number of hydrogen-bond donors (Lipinski definition) is 1. The van der Waals surface area contributed by atoms with Crippen molar-refractivity contribution in [2.45, 2.75) is 43.1 Å². The van der Waals surface area contributed by atoms with Gasteiger partial charge in [-0.3, -0.25) is 0 Å². The number of rotatable bonds is 6. The van der Waals surface area contributed by atoms with Crippen LogP contribution in [-0.4, -0.2) is 16.4 Å². The Balaban J connectivity index is 1.91. The van der Waals surface area contributed by atoms with Gasteiger partial charge in [0, 0.05) is 18.4 Å². The van der Waals surface area contributed by atoms with Gasteiger partial charge in [-0.1, -0.05) is 43.5 Å². The highest BCUT2D eigenvalue weighted by atomic mass is 32.2. The van der Waals surface area contributed by atoms with Gasteiger partial charge in [0.25, 0.3) is 0 Å². The van der Waals surface area contributed by atoms with Crippen LogP contribution >= 0.6 is 0 Å². The number of furan rings is 1. The molecule has 1 N–H and O–H groups in total. The molecular weight excluding hydrogens is 346 g/mol. The minimum absolute atomic E-state index is 0.132. The van der Waals surface area contributed by atoms with Crippen LogP contribution in [0.15, 0.2) is 73.9 Å². The van der Waals surface area contributed by atoms with E-state index < -0.39 is 15.8 Å². The predicted octanol–water partition coefficient (Wildman–Crippen LogP) is 5.18. The summed E-state index contributed by atoms with van der Waals surface area (Å²) in [5, 5.41) is 12.6. The third kappa shape index (κ3) is 4.27. The number of benzene rings is 1. The van der Waals surface area contributed by atoms with Gasteiger partial charge in [-0.25, -0.2) is 8.57 Å². The van der Waals surface area contributed by atoms with Gasteiger partial charge in [-0.15, -0.1) is 0 Å². The molecule has 1 aliphatic rings. The molecular formula is C21H27NO3S. The second-order valence-electron chi connectivity index (χ2n) is 6.83. The monoisotopic (exact) mass is 373 g/mol. The van der Waals surface area contributed by atoms with Crippen LogP contribution in [0.4, 0.5) is 0 Å². The minimum atomic E-state index is -2.64. The first-order chi connectivity index (χ1) is 12.6. The lowest BCUT2D eigenvalue weighted by molar-refractivity contribution is 0.0665. The van der Waals surface area contributed by atoms with E-state index in [1.54, 1.807) is 30.9 Å². The minimum Gasteiger partial charge on any atom is -0.467 e. The van der Waals surface area contributed by atoms with Gasteiger partial charge < -0.3 is 9.52 Å². The summed E-state index contributed by atoms with van der Waals surface area (Å²) in [4.78, 5) is 0.689. The zero-order valence-electron chi connectivity index (χ0n) is 15.2. The fraction of sp³-hybridized carbons (Fsp3) is 0.429. The maximum Gasteiger partial charge on any atom is 0.132 e. The molecule has 1 aliphatic carbocycles. The van der Waals surface area contributed by atoms with E-state index in [0.29, 0.717) is 16.6 Å². The molecule has 0 saturated heterocycles. The average Bonchev–Trinajstić information content (AvgIpc) is 3.24. The maximum atomic E-state index is 13.3. The summed E-state index contributed by atoms with van der Waals surface area (Å²) in [6.45, 7) is 0. The lowest BCUT2D eigenvalue weighted by Gasteiger charge is -2.31. The molecule has 140 valence electrons. The fourth-order valence-electron chi connectivity index (χ4n) is 3.75. The van der Waals surface area contributed by atoms with E-state index >= 15 is 0 Å². The predicted molar refractivity (Wildman–Crippen MR) is 104 cm³/mol. The number of nitrogens with zero attached hydrogens (tertiary/aromatic N) is 1. The Hall–Kier alpha value is -1.85. The van der Waals surface area contributed by atoms with Crippen LogP contribution in [0.1, 0.15) is 44.0 Å². The Morgan fingerprint density at radius 2 is 1.88 bits per heavy atom. The van der Waals surface area contributed by atoms with E-state index in [-0.39, 0.29) is 5.92 Å². The van der Waals surface area contributed by atoms with Gasteiger partial charge in [0.15, 0.2) is 0 Å². The summed E-state index contributed by atoms with van der Waals surface area (Å²) in [6.07, 6.45) is 8.49. The second-order valence-corrected chi connectivity index (χ2v) is 9.07. The van der Waals surface area contributed by atoms with Crippen LogP contribution in [0.5, 0.6) is 0 Å². The van der Waals surface area contributed by atoms with Crippen molar-refractivity contribution in [1.82, 2.24) is 0 Å². The van der Waals surface area contributed by atoms with Gasteiger partial charge in [0.05, 0.1) is 20.9 Å². The first-order valence-corrected chi connectivity index (χ1v) is 10.8. The Morgan fingerprint density at radius 3 is 2.50 bits per heavy atom. The maximum absolute atomic E-state index is 13.3. The molecule has 0 spiro atoms. The molecule has 1 unspecified atom stereocenters. The number of aliphatic hydroxyl groups excluding tert-OH is 1. The summed E-state index contributed by atoms with van der Waals surface area (Å²) in [6, 6.07) is 12.9. The summed E-state index contributed by atoms with van der Waals surface area (Å²) >= 11 is 0. The second kappa shape index (κ2) is 8.69. The zero-order chi connectivity index (χ0) is 18.4. The van der Waals surface area contributed by atoms with Crippen molar-refractivity contribution < 1.29 is 13.7 Å². The molecule has 5 heteroatoms. The molecule has 1 saturated carbocycles. The van der Waals surface area contributed by atoms with Crippen LogP contribution in [0.3, 0.4) is 0 Å². The molecule has 0 aliphatic heterocycles. The summed E-state index contributed by atoms with van der Waals surface area (Å²) in [7, 11) is -1.06. The normalized spacial score (nSPS) is 20.5. The largest absolute Gasteiger partial charge is 0.467 e. The molecule has 1 heterocycles. The Bertz CT molecular complexity index is 814. The molecule has 1 aromatic carbocycles. The Labute approximate surface area is 156 Å². The van der Waals surface area contributed by atoms with Crippen molar-refractivity contribution in [3.8, 4) is 0 Å². The quantitative estimate of drug-likeness (QED) is 0.759. The Morgan fingerprint density at radius 1 is 1.15 bits per heavy atom. The van der Waals surface area contributed by atoms with Crippen molar-refractivity contribution in [3.05, 3.63) is 66.0 Å². The van der Waals surface area contributed by atoms with Crippen molar-refractivity contribution >= 4 is 9.73 Å². The topological polar surface area (TPSA) is 62.8 Å². The van der Waals surface area contributed by atoms with E-state index in [4.69, 9.17) is 4.42 Å². The SMILES string of the molecule is CN=S(=O)(/C=C/[C@@H](C1CCCCC1)[C@@H](O)c1ccco1)c1ccccc1. The lowest BCUT2D eigenvalue weighted by atomic mass is 9.77.